The number of aromatic amines is 1. The lowest BCUT2D eigenvalue weighted by atomic mass is 9.90. The normalized spacial score (nSPS) is 19.7. The number of nitrogens with zero attached hydrogens (tertiary/aromatic N) is 3. The van der Waals surface area contributed by atoms with E-state index in [2.05, 4.69) is 9.97 Å². The van der Waals surface area contributed by atoms with Crippen LogP contribution in [0.5, 0.6) is 0 Å². The SMILES string of the molecule is COC1=CC(c2cnc3[nH]c(=O)n(-c4ccccc4)c3n2)=CCC1(C)OC. The first-order valence-electron chi connectivity index (χ1n) is 8.61. The number of imidazole rings is 1. The minimum absolute atomic E-state index is 0.272. The molecule has 2 heterocycles. The Kier molecular flexibility index (Phi) is 4.16. The summed E-state index contributed by atoms with van der Waals surface area (Å²) in [6.45, 7) is 1.98. The minimum atomic E-state index is -0.504. The van der Waals surface area contributed by atoms with E-state index in [-0.39, 0.29) is 5.69 Å². The molecule has 1 unspecified atom stereocenters. The number of H-pyrrole nitrogens is 1. The molecular formula is C20H20N4O3. The van der Waals surface area contributed by atoms with Gasteiger partial charge in [-0.1, -0.05) is 24.3 Å². The Balaban J connectivity index is 1.83. The summed E-state index contributed by atoms with van der Waals surface area (Å²) in [4.78, 5) is 24.3. The standard InChI is InChI=1S/C20H20N4O3/c1-20(27-3)10-9-13(11-16(20)26-2)15-12-21-17-18(22-15)24(19(25)23-17)14-7-5-4-6-8-14/h4-9,11-12H,10H2,1-3H3,(H,21,23,25). The average molecular weight is 364 g/mol. The van der Waals surface area contributed by atoms with Gasteiger partial charge in [0.15, 0.2) is 11.3 Å². The monoisotopic (exact) mass is 364 g/mol. The smallest absolute Gasteiger partial charge is 0.333 e. The van der Waals surface area contributed by atoms with Crippen molar-refractivity contribution >= 4 is 16.9 Å². The molecule has 7 nitrogen and oxygen atoms in total. The van der Waals surface area contributed by atoms with Crippen molar-refractivity contribution in [2.45, 2.75) is 18.9 Å². The van der Waals surface area contributed by atoms with Gasteiger partial charge in [-0.25, -0.2) is 19.3 Å². The van der Waals surface area contributed by atoms with Crippen molar-refractivity contribution < 1.29 is 9.47 Å². The molecule has 0 saturated heterocycles. The number of benzene rings is 1. The van der Waals surface area contributed by atoms with Gasteiger partial charge < -0.3 is 9.47 Å². The molecule has 0 radical (unpaired) electrons. The van der Waals surface area contributed by atoms with E-state index in [1.165, 1.54) is 4.57 Å². The first-order valence-corrected chi connectivity index (χ1v) is 8.61. The summed E-state index contributed by atoms with van der Waals surface area (Å²) >= 11 is 0. The molecule has 0 fully saturated rings. The van der Waals surface area contributed by atoms with E-state index >= 15 is 0 Å². The molecule has 1 N–H and O–H groups in total. The van der Waals surface area contributed by atoms with Crippen LogP contribution >= 0.6 is 0 Å². The Bertz CT molecular complexity index is 1110. The Labute approximate surface area is 156 Å². The lowest BCUT2D eigenvalue weighted by Crippen LogP contribution is -2.32. The number of fused-ring (bicyclic) bond motifs is 1. The highest BCUT2D eigenvalue weighted by atomic mass is 16.5. The molecule has 27 heavy (non-hydrogen) atoms. The highest BCUT2D eigenvalue weighted by Crippen LogP contribution is 2.34. The molecule has 0 spiro atoms. The van der Waals surface area contributed by atoms with E-state index in [9.17, 15) is 4.79 Å². The Morgan fingerprint density at radius 2 is 2.00 bits per heavy atom. The summed E-state index contributed by atoms with van der Waals surface area (Å²) in [6, 6.07) is 9.37. The van der Waals surface area contributed by atoms with Crippen LogP contribution < -0.4 is 5.69 Å². The Hall–Kier alpha value is -3.19. The summed E-state index contributed by atoms with van der Waals surface area (Å²) in [5.41, 5.74) is 2.43. The maximum atomic E-state index is 12.4. The molecule has 3 aromatic rings. The summed E-state index contributed by atoms with van der Waals surface area (Å²) in [5.74, 6) is 0.721. The first kappa shape index (κ1) is 17.2. The van der Waals surface area contributed by atoms with E-state index in [1.54, 1.807) is 20.4 Å². The number of para-hydroxylation sites is 1. The number of nitrogens with one attached hydrogen (secondary N) is 1. The second-order valence-electron chi connectivity index (χ2n) is 6.54. The van der Waals surface area contributed by atoms with Crippen molar-refractivity contribution in [2.24, 2.45) is 0 Å². The molecule has 2 aromatic heterocycles. The van der Waals surface area contributed by atoms with Crippen LogP contribution in [0.25, 0.3) is 22.6 Å². The van der Waals surface area contributed by atoms with Gasteiger partial charge in [-0.3, -0.25) is 4.98 Å². The number of ether oxygens (including phenoxy) is 2. The van der Waals surface area contributed by atoms with E-state index in [4.69, 9.17) is 14.5 Å². The lowest BCUT2D eigenvalue weighted by Gasteiger charge is -2.31. The molecule has 1 aliphatic rings. The molecule has 7 heteroatoms. The third-order valence-corrected chi connectivity index (χ3v) is 4.89. The van der Waals surface area contributed by atoms with Gasteiger partial charge in [0, 0.05) is 19.1 Å². The van der Waals surface area contributed by atoms with Crippen molar-refractivity contribution in [3.8, 4) is 5.69 Å². The van der Waals surface area contributed by atoms with Crippen molar-refractivity contribution in [3.05, 3.63) is 70.6 Å². The number of hydrogen-bond acceptors (Lipinski definition) is 5. The largest absolute Gasteiger partial charge is 0.498 e. The van der Waals surface area contributed by atoms with Gasteiger partial charge in [-0.2, -0.15) is 0 Å². The van der Waals surface area contributed by atoms with Crippen LogP contribution in [-0.4, -0.2) is 39.3 Å². The maximum Gasteiger partial charge on any atom is 0.333 e. The number of methoxy groups -OCH3 is 2. The van der Waals surface area contributed by atoms with Gasteiger partial charge in [0.25, 0.3) is 0 Å². The highest BCUT2D eigenvalue weighted by Gasteiger charge is 2.32. The highest BCUT2D eigenvalue weighted by molar-refractivity contribution is 5.77. The van der Waals surface area contributed by atoms with Gasteiger partial charge in [0.05, 0.1) is 24.7 Å². The Morgan fingerprint density at radius 1 is 1.22 bits per heavy atom. The van der Waals surface area contributed by atoms with E-state index < -0.39 is 5.60 Å². The molecule has 1 atom stereocenters. The van der Waals surface area contributed by atoms with Crippen LogP contribution in [0.4, 0.5) is 0 Å². The van der Waals surface area contributed by atoms with Crippen LogP contribution in [0.1, 0.15) is 19.0 Å². The van der Waals surface area contributed by atoms with E-state index in [1.807, 2.05) is 49.4 Å². The zero-order chi connectivity index (χ0) is 19.0. The Morgan fingerprint density at radius 3 is 2.70 bits per heavy atom. The molecule has 0 saturated carbocycles. The topological polar surface area (TPSA) is 82.0 Å². The zero-order valence-corrected chi connectivity index (χ0v) is 15.4. The predicted octanol–water partition coefficient (Wildman–Crippen LogP) is 2.83. The fraction of sp³-hybridized carbons (Fsp3) is 0.250. The van der Waals surface area contributed by atoms with Gasteiger partial charge in [-0.05, 0) is 25.1 Å². The molecule has 1 aromatic carbocycles. The van der Waals surface area contributed by atoms with E-state index in [0.717, 1.165) is 17.0 Å². The van der Waals surface area contributed by atoms with Crippen molar-refractivity contribution in [3.63, 3.8) is 0 Å². The van der Waals surface area contributed by atoms with Crippen LogP contribution in [-0.2, 0) is 9.47 Å². The fourth-order valence-electron chi connectivity index (χ4n) is 3.23. The second-order valence-corrected chi connectivity index (χ2v) is 6.54. The lowest BCUT2D eigenvalue weighted by molar-refractivity contribution is -0.00341. The van der Waals surface area contributed by atoms with Gasteiger partial charge >= 0.3 is 5.69 Å². The number of hydrogen-bond donors (Lipinski definition) is 1. The van der Waals surface area contributed by atoms with Gasteiger partial charge in [0.2, 0.25) is 0 Å². The van der Waals surface area contributed by atoms with Crippen molar-refractivity contribution in [1.82, 2.24) is 19.5 Å². The molecule has 0 aliphatic heterocycles. The molecule has 1 aliphatic carbocycles. The maximum absolute atomic E-state index is 12.4. The first-order chi connectivity index (χ1) is 13.1. The number of aromatic nitrogens is 4. The predicted molar refractivity (Wildman–Crippen MR) is 103 cm³/mol. The summed E-state index contributed by atoms with van der Waals surface area (Å²) < 4.78 is 12.6. The van der Waals surface area contributed by atoms with E-state index in [0.29, 0.717) is 23.4 Å². The number of rotatable bonds is 4. The van der Waals surface area contributed by atoms with Gasteiger partial charge in [-0.15, -0.1) is 0 Å². The quantitative estimate of drug-likeness (QED) is 0.770. The molecule has 4 rings (SSSR count). The third kappa shape index (κ3) is 2.86. The summed E-state index contributed by atoms with van der Waals surface area (Å²) in [7, 11) is 3.29. The second kappa shape index (κ2) is 6.51. The molecule has 138 valence electrons. The van der Waals surface area contributed by atoms with Gasteiger partial charge in [0.1, 0.15) is 11.4 Å². The summed E-state index contributed by atoms with van der Waals surface area (Å²) in [6.07, 6.45) is 6.25. The fourth-order valence-corrected chi connectivity index (χ4v) is 3.23. The van der Waals surface area contributed by atoms with Crippen LogP contribution in [0.15, 0.2) is 59.2 Å². The van der Waals surface area contributed by atoms with Crippen LogP contribution in [0, 0.1) is 0 Å². The average Bonchev–Trinajstić information content (AvgIpc) is 3.03. The molecule has 0 bridgehead atoms. The minimum Gasteiger partial charge on any atom is -0.498 e. The van der Waals surface area contributed by atoms with Crippen LogP contribution in [0.2, 0.25) is 0 Å². The molecule has 0 amide bonds. The third-order valence-electron chi connectivity index (χ3n) is 4.89. The zero-order valence-electron chi connectivity index (χ0n) is 15.4. The van der Waals surface area contributed by atoms with Crippen molar-refractivity contribution in [2.75, 3.05) is 14.2 Å². The number of allylic oxidation sites excluding steroid dienone is 2. The molecular weight excluding hydrogens is 344 g/mol. The van der Waals surface area contributed by atoms with Crippen LogP contribution in [0.3, 0.4) is 0 Å². The summed E-state index contributed by atoms with van der Waals surface area (Å²) in [5, 5.41) is 0. The van der Waals surface area contributed by atoms with Crippen molar-refractivity contribution in [1.29, 1.82) is 0 Å².